The Morgan fingerprint density at radius 1 is 0.692 bits per heavy atom. The summed E-state index contributed by atoms with van der Waals surface area (Å²) in [6, 6.07) is 0. The van der Waals surface area contributed by atoms with E-state index in [0.29, 0.717) is 0 Å². The van der Waals surface area contributed by atoms with Crippen molar-refractivity contribution in [3.63, 3.8) is 0 Å². The first-order valence-corrected chi connectivity index (χ1v) is 4.10. The van der Waals surface area contributed by atoms with E-state index in [-0.39, 0.29) is 21.9 Å². The Kier molecular flexibility index (Phi) is 18.6. The fourth-order valence-electron chi connectivity index (χ4n) is 0.109. The van der Waals surface area contributed by atoms with E-state index in [1.807, 2.05) is 0 Å². The van der Waals surface area contributed by atoms with E-state index in [2.05, 4.69) is 3.63 Å². The van der Waals surface area contributed by atoms with Gasteiger partial charge in [0.25, 0.3) is 0 Å². The quantitative estimate of drug-likeness (QED) is 0.452. The average molecular weight is 250 g/mol. The van der Waals surface area contributed by atoms with Gasteiger partial charge in [-0.05, 0) is 0 Å². The molecule has 0 amide bonds. The first-order valence-electron chi connectivity index (χ1n) is 1.37. The third-order valence-electron chi connectivity index (χ3n) is 0.172. The zero-order valence-electron chi connectivity index (χ0n) is 5.75. The molecule has 0 aliphatic heterocycles. The van der Waals surface area contributed by atoms with Crippen molar-refractivity contribution in [3.8, 4) is 0 Å². The first kappa shape index (κ1) is 29.3. The molecule has 0 saturated heterocycles. The highest BCUT2D eigenvalue weighted by molar-refractivity contribution is 7.94. The lowest BCUT2D eigenvalue weighted by Gasteiger charge is -1.89. The topological polar surface area (TPSA) is 244 Å². The Balaban J connectivity index is -0.0000000533. The van der Waals surface area contributed by atoms with Crippen LogP contribution in [0.5, 0.6) is 0 Å². The van der Waals surface area contributed by atoms with Crippen LogP contribution in [0.2, 0.25) is 0 Å². The molecule has 0 aliphatic rings. The fourth-order valence-corrected chi connectivity index (χ4v) is 0.978. The number of hydrogen-bond donors (Lipinski definition) is 2. The van der Waals surface area contributed by atoms with Gasteiger partial charge in [-0.1, -0.05) is 0 Å². The van der Waals surface area contributed by atoms with E-state index in [4.69, 9.17) is 9.11 Å². The smallest absolute Gasteiger partial charge is 0.412 e. The predicted molar refractivity (Wildman–Crippen MR) is 38.6 cm³/mol. The Bertz CT molecular complexity index is 233. The molecule has 0 aromatic carbocycles. The summed E-state index contributed by atoms with van der Waals surface area (Å²) < 4.78 is 55.6. The minimum absolute atomic E-state index is 0. The second-order valence-electron chi connectivity index (χ2n) is 0.924. The third kappa shape index (κ3) is 34.0. The molecule has 10 N–H and O–H groups in total. The summed E-state index contributed by atoms with van der Waals surface area (Å²) in [5.74, 6) is 0. The molecular formula is H10O11S2. The molecule has 0 spiro atoms. The lowest BCUT2D eigenvalue weighted by Crippen LogP contribution is -2.10. The fraction of sp³-hybridized carbons (Fsp3) is 0. The maximum absolute atomic E-state index is 9.44. The molecule has 0 aromatic rings. The van der Waals surface area contributed by atoms with Crippen LogP contribution in [0.4, 0.5) is 0 Å². The van der Waals surface area contributed by atoms with E-state index < -0.39 is 20.8 Å². The van der Waals surface area contributed by atoms with Crippen LogP contribution in [-0.2, 0) is 24.4 Å². The molecule has 0 bridgehead atoms. The second-order valence-corrected chi connectivity index (χ2v) is 3.18. The monoisotopic (exact) mass is 250 g/mol. The van der Waals surface area contributed by atoms with E-state index in [1.165, 1.54) is 0 Å². The van der Waals surface area contributed by atoms with Gasteiger partial charge >= 0.3 is 20.8 Å². The molecule has 0 rings (SSSR count). The van der Waals surface area contributed by atoms with Crippen LogP contribution in [0.1, 0.15) is 0 Å². The van der Waals surface area contributed by atoms with E-state index >= 15 is 0 Å². The lowest BCUT2D eigenvalue weighted by atomic mass is 15.8. The van der Waals surface area contributed by atoms with Gasteiger partial charge in [0.2, 0.25) is 0 Å². The molecule has 0 heterocycles. The van der Waals surface area contributed by atoms with Gasteiger partial charge in [0.1, 0.15) is 0 Å². The summed E-state index contributed by atoms with van der Waals surface area (Å²) in [6.45, 7) is 0. The van der Waals surface area contributed by atoms with Crippen LogP contribution >= 0.6 is 0 Å². The van der Waals surface area contributed by atoms with E-state index in [0.717, 1.165) is 0 Å². The first-order chi connectivity index (χ1) is 3.71. The van der Waals surface area contributed by atoms with Gasteiger partial charge in [-0.3, -0.25) is 9.11 Å². The summed E-state index contributed by atoms with van der Waals surface area (Å²) in [5, 5.41) is 0. The highest BCUT2D eigenvalue weighted by Gasteiger charge is 2.15. The molecule has 0 unspecified atom stereocenters. The van der Waals surface area contributed by atoms with Crippen LogP contribution in [0, 0.1) is 0 Å². The van der Waals surface area contributed by atoms with Gasteiger partial charge in [0.15, 0.2) is 0 Å². The highest BCUT2D eigenvalue weighted by Crippen LogP contribution is 1.91. The van der Waals surface area contributed by atoms with E-state index in [1.54, 1.807) is 0 Å². The average Bonchev–Trinajstić information content (AvgIpc) is 1.14. The second kappa shape index (κ2) is 8.23. The number of hydrogen-bond acceptors (Lipinski definition) is 5. The summed E-state index contributed by atoms with van der Waals surface area (Å²) in [5.41, 5.74) is 0. The van der Waals surface area contributed by atoms with Crippen LogP contribution < -0.4 is 0 Å². The van der Waals surface area contributed by atoms with Crippen molar-refractivity contribution in [1.82, 2.24) is 0 Å². The Morgan fingerprint density at radius 2 is 0.846 bits per heavy atom. The summed E-state index contributed by atoms with van der Waals surface area (Å²) >= 11 is 0. The molecule has 13 heavy (non-hydrogen) atoms. The summed E-state index contributed by atoms with van der Waals surface area (Å²) in [7, 11) is -10.2. The molecular weight excluding hydrogens is 240 g/mol. The molecule has 88 valence electrons. The largest absolute Gasteiger partial charge is 0.413 e. The molecule has 0 aliphatic carbocycles. The van der Waals surface area contributed by atoms with Crippen molar-refractivity contribution in [2.24, 2.45) is 0 Å². The normalized spacial score (nSPS) is 9.38. The summed E-state index contributed by atoms with van der Waals surface area (Å²) in [4.78, 5) is 0. The predicted octanol–water partition coefficient (Wildman–Crippen LogP) is -4.69. The SMILES string of the molecule is O.O.O.O.O=S(=O)(O)OS(=O)(=O)O. The zero-order valence-corrected chi connectivity index (χ0v) is 7.39. The lowest BCUT2D eigenvalue weighted by molar-refractivity contribution is 0.344. The van der Waals surface area contributed by atoms with Gasteiger partial charge in [0, 0.05) is 0 Å². The minimum Gasteiger partial charge on any atom is -0.412 e. The zero-order chi connectivity index (χ0) is 7.71. The van der Waals surface area contributed by atoms with Crippen LogP contribution in [0.15, 0.2) is 0 Å². The molecule has 0 saturated carbocycles. The molecule has 0 atom stereocenters. The van der Waals surface area contributed by atoms with Gasteiger partial charge in [-0.15, -0.1) is 3.63 Å². The number of rotatable bonds is 2. The summed E-state index contributed by atoms with van der Waals surface area (Å²) in [6.07, 6.45) is 0. The van der Waals surface area contributed by atoms with Gasteiger partial charge in [0.05, 0.1) is 0 Å². The molecule has 11 nitrogen and oxygen atoms in total. The van der Waals surface area contributed by atoms with Crippen molar-refractivity contribution in [1.29, 1.82) is 0 Å². The van der Waals surface area contributed by atoms with Gasteiger partial charge in [-0.25, -0.2) is 0 Å². The Hall–Kier alpha value is -0.380. The maximum atomic E-state index is 9.44. The van der Waals surface area contributed by atoms with Gasteiger partial charge in [-0.2, -0.15) is 16.8 Å². The van der Waals surface area contributed by atoms with E-state index in [9.17, 15) is 16.8 Å². The maximum Gasteiger partial charge on any atom is 0.413 e. The minimum atomic E-state index is -5.12. The Morgan fingerprint density at radius 3 is 0.846 bits per heavy atom. The van der Waals surface area contributed by atoms with Crippen molar-refractivity contribution < 1.29 is 51.5 Å². The van der Waals surface area contributed by atoms with Crippen molar-refractivity contribution >= 4 is 20.8 Å². The van der Waals surface area contributed by atoms with Crippen LogP contribution in [-0.4, -0.2) is 47.8 Å². The molecule has 13 heteroatoms. The van der Waals surface area contributed by atoms with Crippen molar-refractivity contribution in [2.75, 3.05) is 0 Å². The van der Waals surface area contributed by atoms with Crippen molar-refractivity contribution in [2.45, 2.75) is 0 Å². The Labute approximate surface area is 73.1 Å². The molecule has 0 aromatic heterocycles. The molecule has 0 radical (unpaired) electrons. The highest BCUT2D eigenvalue weighted by atomic mass is 32.3. The third-order valence-corrected chi connectivity index (χ3v) is 1.55. The molecule has 0 fully saturated rings. The van der Waals surface area contributed by atoms with Crippen molar-refractivity contribution in [3.05, 3.63) is 0 Å². The van der Waals surface area contributed by atoms with Crippen LogP contribution in [0.25, 0.3) is 0 Å². The standard InChI is InChI=1S/H2O7S2.4H2O/c1-8(2,3)7-9(4,5)6;;;;/h(H,1,2,3)(H,4,5,6);4*1H2. The van der Waals surface area contributed by atoms with Gasteiger partial charge < -0.3 is 21.9 Å². The van der Waals surface area contributed by atoms with Crippen LogP contribution in [0.3, 0.4) is 0 Å².